The van der Waals surface area contributed by atoms with Crippen molar-refractivity contribution in [1.29, 1.82) is 0 Å². The number of rotatable bonds is 3. The van der Waals surface area contributed by atoms with Crippen LogP contribution >= 0.6 is 0 Å². The van der Waals surface area contributed by atoms with Crippen molar-refractivity contribution >= 4 is 0 Å². The Morgan fingerprint density at radius 1 is 1.62 bits per heavy atom. The third-order valence-electron chi connectivity index (χ3n) is 3.18. The number of aliphatic hydroxyl groups excluding tert-OH is 1. The summed E-state index contributed by atoms with van der Waals surface area (Å²) in [5.41, 5.74) is 1.26. The van der Waals surface area contributed by atoms with E-state index in [1.54, 1.807) is 0 Å². The number of aliphatic hydroxyl groups is 1. The maximum Gasteiger partial charge on any atom is 0.0529 e. The fourth-order valence-corrected chi connectivity index (χ4v) is 1.95. The molecule has 1 fully saturated rings. The Kier molecular flexibility index (Phi) is 2.12. The number of hydrogen-bond acceptors (Lipinski definition) is 2. The molecule has 1 aliphatic rings. The summed E-state index contributed by atoms with van der Waals surface area (Å²) in [5, 5.41) is 13.6. The van der Waals surface area contributed by atoms with Crippen molar-refractivity contribution in [2.45, 2.75) is 38.1 Å². The molecular weight excluding hydrogens is 164 g/mol. The van der Waals surface area contributed by atoms with Crippen LogP contribution in [0.4, 0.5) is 0 Å². The Hall–Kier alpha value is -0.830. The van der Waals surface area contributed by atoms with E-state index in [4.69, 9.17) is 0 Å². The molecule has 3 heteroatoms. The van der Waals surface area contributed by atoms with Gasteiger partial charge in [-0.25, -0.2) is 0 Å². The molecule has 72 valence electrons. The molecule has 0 unspecified atom stereocenters. The predicted octanol–water partition coefficient (Wildman–Crippen LogP) is 1.32. The molecular formula is C10H16N2O. The molecule has 0 aromatic carbocycles. The zero-order chi connectivity index (χ0) is 9.31. The van der Waals surface area contributed by atoms with Crippen LogP contribution in [0.25, 0.3) is 0 Å². The van der Waals surface area contributed by atoms with Crippen LogP contribution in [0.1, 0.15) is 31.7 Å². The molecule has 0 amide bonds. The summed E-state index contributed by atoms with van der Waals surface area (Å²) < 4.78 is 1.92. The molecule has 3 nitrogen and oxygen atoms in total. The minimum atomic E-state index is 0.0490. The Balaban J connectivity index is 2.23. The highest BCUT2D eigenvalue weighted by Crippen LogP contribution is 2.42. The SMILES string of the molecule is CCn1cc(C2(CO)CCC2)cn1. The van der Waals surface area contributed by atoms with E-state index in [2.05, 4.69) is 18.2 Å². The van der Waals surface area contributed by atoms with Crippen molar-refractivity contribution in [3.05, 3.63) is 18.0 Å². The van der Waals surface area contributed by atoms with E-state index >= 15 is 0 Å². The lowest BCUT2D eigenvalue weighted by Gasteiger charge is -2.39. The van der Waals surface area contributed by atoms with Crippen LogP contribution in [0, 0.1) is 0 Å². The minimum Gasteiger partial charge on any atom is -0.395 e. The molecule has 0 aliphatic heterocycles. The van der Waals surface area contributed by atoms with Crippen LogP contribution < -0.4 is 0 Å². The van der Waals surface area contributed by atoms with Gasteiger partial charge in [0.05, 0.1) is 12.8 Å². The van der Waals surface area contributed by atoms with Crippen molar-refractivity contribution in [1.82, 2.24) is 9.78 Å². The van der Waals surface area contributed by atoms with Gasteiger partial charge in [-0.05, 0) is 25.3 Å². The lowest BCUT2D eigenvalue weighted by Crippen LogP contribution is -2.37. The monoisotopic (exact) mass is 180 g/mol. The van der Waals surface area contributed by atoms with Crippen molar-refractivity contribution < 1.29 is 5.11 Å². The second-order valence-corrected chi connectivity index (χ2v) is 3.88. The summed E-state index contributed by atoms with van der Waals surface area (Å²) in [6.45, 7) is 3.24. The molecule has 13 heavy (non-hydrogen) atoms. The summed E-state index contributed by atoms with van der Waals surface area (Å²) in [6.07, 6.45) is 7.42. The smallest absolute Gasteiger partial charge is 0.0529 e. The van der Waals surface area contributed by atoms with Gasteiger partial charge in [0, 0.05) is 18.2 Å². The zero-order valence-corrected chi connectivity index (χ0v) is 8.03. The van der Waals surface area contributed by atoms with Crippen LogP contribution in [-0.2, 0) is 12.0 Å². The third-order valence-corrected chi connectivity index (χ3v) is 3.18. The van der Waals surface area contributed by atoms with Gasteiger partial charge >= 0.3 is 0 Å². The van der Waals surface area contributed by atoms with Crippen LogP contribution in [0.2, 0.25) is 0 Å². The van der Waals surface area contributed by atoms with Gasteiger partial charge in [-0.1, -0.05) is 6.42 Å². The maximum atomic E-state index is 9.33. The predicted molar refractivity (Wildman–Crippen MR) is 50.5 cm³/mol. The minimum absolute atomic E-state index is 0.0490. The molecule has 0 bridgehead atoms. The summed E-state index contributed by atoms with van der Waals surface area (Å²) in [7, 11) is 0. The van der Waals surface area contributed by atoms with Gasteiger partial charge < -0.3 is 5.11 Å². The molecule has 2 rings (SSSR count). The van der Waals surface area contributed by atoms with Crippen molar-refractivity contribution in [3.8, 4) is 0 Å². The number of aryl methyl sites for hydroxylation is 1. The van der Waals surface area contributed by atoms with Crippen molar-refractivity contribution in [2.24, 2.45) is 0 Å². The number of hydrogen-bond donors (Lipinski definition) is 1. The Morgan fingerprint density at radius 3 is 2.77 bits per heavy atom. The fourth-order valence-electron chi connectivity index (χ4n) is 1.95. The lowest BCUT2D eigenvalue weighted by atomic mass is 9.66. The van der Waals surface area contributed by atoms with Crippen LogP contribution in [-0.4, -0.2) is 21.5 Å². The quantitative estimate of drug-likeness (QED) is 0.761. The van der Waals surface area contributed by atoms with E-state index in [1.165, 1.54) is 12.0 Å². The molecule has 1 heterocycles. The molecule has 1 N–H and O–H groups in total. The van der Waals surface area contributed by atoms with Gasteiger partial charge in [0.2, 0.25) is 0 Å². The van der Waals surface area contributed by atoms with Gasteiger partial charge in [-0.15, -0.1) is 0 Å². The summed E-state index contributed by atoms with van der Waals surface area (Å²) >= 11 is 0. The Labute approximate surface area is 78.4 Å². The molecule has 0 atom stereocenters. The van der Waals surface area contributed by atoms with Gasteiger partial charge in [0.25, 0.3) is 0 Å². The molecule has 0 spiro atoms. The first kappa shape index (κ1) is 8.75. The van der Waals surface area contributed by atoms with Gasteiger partial charge in [0.1, 0.15) is 0 Å². The lowest BCUT2D eigenvalue weighted by molar-refractivity contribution is 0.120. The molecule has 0 saturated heterocycles. The molecule has 1 aliphatic carbocycles. The fraction of sp³-hybridized carbons (Fsp3) is 0.700. The maximum absolute atomic E-state index is 9.33. The highest BCUT2D eigenvalue weighted by atomic mass is 16.3. The van der Waals surface area contributed by atoms with Gasteiger partial charge in [-0.2, -0.15) is 5.10 Å². The second kappa shape index (κ2) is 3.14. The highest BCUT2D eigenvalue weighted by Gasteiger charge is 2.38. The van der Waals surface area contributed by atoms with Crippen LogP contribution in [0.15, 0.2) is 12.4 Å². The summed E-state index contributed by atoms with van der Waals surface area (Å²) in [4.78, 5) is 0. The molecule has 0 radical (unpaired) electrons. The van der Waals surface area contributed by atoms with Gasteiger partial charge in [-0.3, -0.25) is 4.68 Å². The average Bonchev–Trinajstić information content (AvgIpc) is 2.52. The van der Waals surface area contributed by atoms with Gasteiger partial charge in [0.15, 0.2) is 0 Å². The third kappa shape index (κ3) is 1.27. The number of nitrogens with zero attached hydrogens (tertiary/aromatic N) is 2. The first-order valence-corrected chi connectivity index (χ1v) is 4.94. The first-order valence-electron chi connectivity index (χ1n) is 4.94. The van der Waals surface area contributed by atoms with Crippen molar-refractivity contribution in [3.63, 3.8) is 0 Å². The topological polar surface area (TPSA) is 38.0 Å². The van der Waals surface area contributed by atoms with Crippen LogP contribution in [0.3, 0.4) is 0 Å². The average molecular weight is 180 g/mol. The first-order chi connectivity index (χ1) is 6.30. The van der Waals surface area contributed by atoms with Crippen molar-refractivity contribution in [2.75, 3.05) is 6.61 Å². The van der Waals surface area contributed by atoms with E-state index in [0.717, 1.165) is 19.4 Å². The molecule has 1 aromatic heterocycles. The largest absolute Gasteiger partial charge is 0.395 e. The Morgan fingerprint density at radius 2 is 2.38 bits per heavy atom. The summed E-state index contributed by atoms with van der Waals surface area (Å²) in [6, 6.07) is 0. The van der Waals surface area contributed by atoms with E-state index in [9.17, 15) is 5.11 Å². The molecule has 1 saturated carbocycles. The standard InChI is InChI=1S/C10H16N2O/c1-2-12-7-9(6-11-12)10(8-13)4-3-5-10/h6-7,13H,2-5,8H2,1H3. The zero-order valence-electron chi connectivity index (χ0n) is 8.03. The van der Waals surface area contributed by atoms with Crippen LogP contribution in [0.5, 0.6) is 0 Å². The Bertz CT molecular complexity index is 283. The second-order valence-electron chi connectivity index (χ2n) is 3.88. The van der Waals surface area contributed by atoms with E-state index in [-0.39, 0.29) is 12.0 Å². The summed E-state index contributed by atoms with van der Waals surface area (Å²) in [5.74, 6) is 0. The number of aromatic nitrogens is 2. The van der Waals surface area contributed by atoms with E-state index in [0.29, 0.717) is 0 Å². The molecule has 1 aromatic rings. The normalized spacial score (nSPS) is 19.8. The highest BCUT2D eigenvalue weighted by molar-refractivity contribution is 5.23. The van der Waals surface area contributed by atoms with E-state index < -0.39 is 0 Å². The van der Waals surface area contributed by atoms with E-state index in [1.807, 2.05) is 10.9 Å².